The SMILES string of the molecule is Cc1ccc(CCC(O)c2ccccc2C2CCC2)cc1. The molecule has 1 unspecified atom stereocenters. The topological polar surface area (TPSA) is 20.2 Å². The molecule has 1 saturated carbocycles. The molecule has 0 amide bonds. The van der Waals surface area contributed by atoms with E-state index >= 15 is 0 Å². The van der Waals surface area contributed by atoms with Crippen LogP contribution in [0.15, 0.2) is 48.5 Å². The van der Waals surface area contributed by atoms with Crippen LogP contribution in [0, 0.1) is 6.92 Å². The highest BCUT2D eigenvalue weighted by Gasteiger charge is 2.23. The van der Waals surface area contributed by atoms with Crippen LogP contribution in [0.25, 0.3) is 0 Å². The predicted octanol–water partition coefficient (Wildman–Crippen LogP) is 4.93. The summed E-state index contributed by atoms with van der Waals surface area (Å²) in [6.07, 6.45) is 5.28. The maximum absolute atomic E-state index is 10.6. The minimum absolute atomic E-state index is 0.344. The van der Waals surface area contributed by atoms with Crippen molar-refractivity contribution in [3.63, 3.8) is 0 Å². The van der Waals surface area contributed by atoms with E-state index in [1.807, 2.05) is 6.07 Å². The van der Waals surface area contributed by atoms with Gasteiger partial charge in [-0.3, -0.25) is 0 Å². The molecule has 0 bridgehead atoms. The maximum Gasteiger partial charge on any atom is 0.0796 e. The lowest BCUT2D eigenvalue weighted by Gasteiger charge is -2.29. The predicted molar refractivity (Wildman–Crippen MR) is 87.5 cm³/mol. The molecule has 1 aliphatic carbocycles. The van der Waals surface area contributed by atoms with Crippen molar-refractivity contribution < 1.29 is 5.11 Å². The lowest BCUT2D eigenvalue weighted by Crippen LogP contribution is -2.13. The fourth-order valence-corrected chi connectivity index (χ4v) is 3.12. The molecule has 1 aliphatic rings. The van der Waals surface area contributed by atoms with E-state index in [9.17, 15) is 5.11 Å². The van der Waals surface area contributed by atoms with E-state index in [1.165, 1.54) is 36.0 Å². The number of hydrogen-bond acceptors (Lipinski definition) is 1. The number of hydrogen-bond donors (Lipinski definition) is 1. The van der Waals surface area contributed by atoms with Gasteiger partial charge in [0.15, 0.2) is 0 Å². The van der Waals surface area contributed by atoms with Crippen LogP contribution in [0.2, 0.25) is 0 Å². The second-order valence-electron chi connectivity index (χ2n) is 6.30. The summed E-state index contributed by atoms with van der Waals surface area (Å²) in [5, 5.41) is 10.6. The van der Waals surface area contributed by atoms with Crippen LogP contribution < -0.4 is 0 Å². The third kappa shape index (κ3) is 3.36. The van der Waals surface area contributed by atoms with Crippen LogP contribution in [0.5, 0.6) is 0 Å². The number of aliphatic hydroxyl groups is 1. The van der Waals surface area contributed by atoms with Crippen molar-refractivity contribution in [2.24, 2.45) is 0 Å². The molecule has 0 saturated heterocycles. The fraction of sp³-hybridized carbons (Fsp3) is 0.400. The molecule has 0 aliphatic heterocycles. The van der Waals surface area contributed by atoms with Gasteiger partial charge in [0.1, 0.15) is 0 Å². The average molecular weight is 280 g/mol. The van der Waals surface area contributed by atoms with E-state index in [1.54, 1.807) is 0 Å². The van der Waals surface area contributed by atoms with E-state index in [2.05, 4.69) is 49.4 Å². The lowest BCUT2D eigenvalue weighted by atomic mass is 9.77. The Hall–Kier alpha value is -1.60. The molecule has 21 heavy (non-hydrogen) atoms. The smallest absolute Gasteiger partial charge is 0.0796 e. The highest BCUT2D eigenvalue weighted by molar-refractivity contribution is 5.33. The van der Waals surface area contributed by atoms with Gasteiger partial charge in [0, 0.05) is 0 Å². The summed E-state index contributed by atoms with van der Waals surface area (Å²) in [7, 11) is 0. The standard InChI is InChI=1S/C20H24O/c1-15-9-11-16(12-10-15)13-14-20(21)19-8-3-2-7-18(19)17-5-4-6-17/h2-3,7-12,17,20-21H,4-6,13-14H2,1H3. The molecule has 1 atom stereocenters. The first kappa shape index (κ1) is 14.3. The minimum atomic E-state index is -0.344. The van der Waals surface area contributed by atoms with Crippen molar-refractivity contribution in [2.75, 3.05) is 0 Å². The number of benzene rings is 2. The molecular weight excluding hydrogens is 256 g/mol. The van der Waals surface area contributed by atoms with Gasteiger partial charge in [0.05, 0.1) is 6.10 Å². The molecule has 0 aromatic heterocycles. The molecule has 2 aromatic rings. The average Bonchev–Trinajstić information content (AvgIpc) is 2.45. The number of aryl methyl sites for hydroxylation is 2. The van der Waals surface area contributed by atoms with Crippen molar-refractivity contribution in [2.45, 2.75) is 51.0 Å². The Balaban J connectivity index is 1.67. The first-order valence-electron chi connectivity index (χ1n) is 8.06. The van der Waals surface area contributed by atoms with E-state index < -0.39 is 0 Å². The summed E-state index contributed by atoms with van der Waals surface area (Å²) in [6.45, 7) is 2.10. The first-order chi connectivity index (χ1) is 10.2. The third-order valence-electron chi connectivity index (χ3n) is 4.73. The molecule has 0 heterocycles. The summed E-state index contributed by atoms with van der Waals surface area (Å²) < 4.78 is 0. The second-order valence-corrected chi connectivity index (χ2v) is 6.30. The van der Waals surface area contributed by atoms with Crippen LogP contribution in [0.1, 0.15) is 60.0 Å². The van der Waals surface area contributed by atoms with Gasteiger partial charge in [-0.2, -0.15) is 0 Å². The van der Waals surface area contributed by atoms with Gasteiger partial charge in [-0.15, -0.1) is 0 Å². The van der Waals surface area contributed by atoms with Crippen LogP contribution >= 0.6 is 0 Å². The largest absolute Gasteiger partial charge is 0.388 e. The highest BCUT2D eigenvalue weighted by atomic mass is 16.3. The zero-order chi connectivity index (χ0) is 14.7. The molecular formula is C20H24O. The monoisotopic (exact) mass is 280 g/mol. The molecule has 3 rings (SSSR count). The molecule has 1 nitrogen and oxygen atoms in total. The Morgan fingerprint density at radius 2 is 1.76 bits per heavy atom. The van der Waals surface area contributed by atoms with E-state index in [0.717, 1.165) is 18.4 Å². The van der Waals surface area contributed by atoms with Crippen LogP contribution in [0.4, 0.5) is 0 Å². The molecule has 110 valence electrons. The second kappa shape index (κ2) is 6.44. The summed E-state index contributed by atoms with van der Waals surface area (Å²) in [4.78, 5) is 0. The molecule has 0 radical (unpaired) electrons. The quantitative estimate of drug-likeness (QED) is 0.823. The van der Waals surface area contributed by atoms with Gasteiger partial charge in [-0.25, -0.2) is 0 Å². The summed E-state index contributed by atoms with van der Waals surface area (Å²) in [5.74, 6) is 0.676. The Morgan fingerprint density at radius 3 is 2.43 bits per heavy atom. The summed E-state index contributed by atoms with van der Waals surface area (Å²) in [6, 6.07) is 17.1. The van der Waals surface area contributed by atoms with Gasteiger partial charge in [-0.1, -0.05) is 60.5 Å². The van der Waals surface area contributed by atoms with Crippen LogP contribution in [0.3, 0.4) is 0 Å². The summed E-state index contributed by atoms with van der Waals surface area (Å²) >= 11 is 0. The van der Waals surface area contributed by atoms with Crippen molar-refractivity contribution in [1.29, 1.82) is 0 Å². The van der Waals surface area contributed by atoms with Gasteiger partial charge < -0.3 is 5.11 Å². The molecule has 1 fully saturated rings. The minimum Gasteiger partial charge on any atom is -0.388 e. The van der Waals surface area contributed by atoms with E-state index in [4.69, 9.17) is 0 Å². The zero-order valence-electron chi connectivity index (χ0n) is 12.8. The van der Waals surface area contributed by atoms with Gasteiger partial charge in [0.25, 0.3) is 0 Å². The van der Waals surface area contributed by atoms with Gasteiger partial charge in [0.2, 0.25) is 0 Å². The Kier molecular flexibility index (Phi) is 4.40. The van der Waals surface area contributed by atoms with E-state index in [0.29, 0.717) is 5.92 Å². The molecule has 1 heteroatoms. The first-order valence-corrected chi connectivity index (χ1v) is 8.06. The van der Waals surface area contributed by atoms with Crippen molar-refractivity contribution >= 4 is 0 Å². The number of rotatable bonds is 5. The maximum atomic E-state index is 10.6. The van der Waals surface area contributed by atoms with Crippen molar-refractivity contribution in [1.82, 2.24) is 0 Å². The molecule has 2 aromatic carbocycles. The highest BCUT2D eigenvalue weighted by Crippen LogP contribution is 2.40. The zero-order valence-corrected chi connectivity index (χ0v) is 12.8. The van der Waals surface area contributed by atoms with Crippen molar-refractivity contribution in [3.05, 3.63) is 70.8 Å². The number of aliphatic hydroxyl groups excluding tert-OH is 1. The van der Waals surface area contributed by atoms with Gasteiger partial charge >= 0.3 is 0 Å². The fourth-order valence-electron chi connectivity index (χ4n) is 3.12. The lowest BCUT2D eigenvalue weighted by molar-refractivity contribution is 0.165. The molecule has 0 spiro atoms. The normalized spacial score (nSPS) is 16.5. The Bertz CT molecular complexity index is 581. The Labute approximate surface area is 127 Å². The van der Waals surface area contributed by atoms with E-state index in [-0.39, 0.29) is 6.10 Å². The van der Waals surface area contributed by atoms with Crippen molar-refractivity contribution in [3.8, 4) is 0 Å². The third-order valence-corrected chi connectivity index (χ3v) is 4.73. The van der Waals surface area contributed by atoms with Crippen LogP contribution in [-0.2, 0) is 6.42 Å². The van der Waals surface area contributed by atoms with Crippen LogP contribution in [-0.4, -0.2) is 5.11 Å². The van der Waals surface area contributed by atoms with Gasteiger partial charge in [-0.05, 0) is 55.2 Å². The molecule has 1 N–H and O–H groups in total. The Morgan fingerprint density at radius 1 is 1.05 bits per heavy atom. The summed E-state index contributed by atoms with van der Waals surface area (Å²) in [5.41, 5.74) is 5.12.